The van der Waals surface area contributed by atoms with Crippen molar-refractivity contribution in [2.24, 2.45) is 7.05 Å². The van der Waals surface area contributed by atoms with Gasteiger partial charge >= 0.3 is 0 Å². The van der Waals surface area contributed by atoms with Crippen LogP contribution in [-0.4, -0.2) is 46.9 Å². The van der Waals surface area contributed by atoms with E-state index in [4.69, 9.17) is 4.74 Å². The van der Waals surface area contributed by atoms with Crippen molar-refractivity contribution in [2.75, 3.05) is 26.3 Å². The van der Waals surface area contributed by atoms with Gasteiger partial charge < -0.3 is 9.64 Å². The fraction of sp³-hybridized carbons (Fsp3) is 0.467. The molecule has 0 unspecified atom stereocenters. The first-order valence-electron chi connectivity index (χ1n) is 7.25. The lowest BCUT2D eigenvalue weighted by Gasteiger charge is -2.26. The number of aryl methyl sites for hydroxylation is 2. The Balaban J connectivity index is 1.75. The first-order valence-corrected chi connectivity index (χ1v) is 8.13. The largest absolute Gasteiger partial charge is 0.378 e. The van der Waals surface area contributed by atoms with Crippen molar-refractivity contribution >= 4 is 17.2 Å². The molecule has 21 heavy (non-hydrogen) atoms. The predicted octanol–water partition coefficient (Wildman–Crippen LogP) is 1.72. The molecule has 1 fully saturated rings. The van der Waals surface area contributed by atoms with Gasteiger partial charge in [0.1, 0.15) is 0 Å². The van der Waals surface area contributed by atoms with Crippen LogP contribution in [-0.2, 0) is 24.6 Å². The monoisotopic (exact) mass is 303 g/mol. The molecule has 0 radical (unpaired) electrons. The molecule has 1 aliphatic carbocycles. The first-order chi connectivity index (χ1) is 10.3. The number of aromatic nitrogens is 2. The SMILES string of the molecule is Cn1nc(C(=O)N2CCOCC2)c2c1-c1ccsc1CC2. The maximum absolute atomic E-state index is 12.7. The zero-order chi connectivity index (χ0) is 14.4. The number of thiophene rings is 1. The van der Waals surface area contributed by atoms with E-state index < -0.39 is 0 Å². The van der Waals surface area contributed by atoms with E-state index in [0.717, 1.165) is 24.1 Å². The van der Waals surface area contributed by atoms with Gasteiger partial charge in [-0.05, 0) is 24.3 Å². The van der Waals surface area contributed by atoms with E-state index in [1.807, 2.05) is 16.6 Å². The molecule has 2 aliphatic rings. The van der Waals surface area contributed by atoms with E-state index in [-0.39, 0.29) is 5.91 Å². The number of nitrogens with zero attached hydrogens (tertiary/aromatic N) is 3. The number of amides is 1. The van der Waals surface area contributed by atoms with E-state index >= 15 is 0 Å². The van der Waals surface area contributed by atoms with Gasteiger partial charge in [-0.25, -0.2) is 0 Å². The summed E-state index contributed by atoms with van der Waals surface area (Å²) in [6.45, 7) is 2.56. The first kappa shape index (κ1) is 13.0. The third-order valence-corrected chi connectivity index (χ3v) is 5.23. The van der Waals surface area contributed by atoms with Gasteiger partial charge in [-0.1, -0.05) is 0 Å². The van der Waals surface area contributed by atoms with Crippen molar-refractivity contribution in [3.8, 4) is 11.3 Å². The van der Waals surface area contributed by atoms with E-state index in [2.05, 4.69) is 16.5 Å². The summed E-state index contributed by atoms with van der Waals surface area (Å²) in [5.74, 6) is 0.0498. The molecule has 3 heterocycles. The molecule has 5 nitrogen and oxygen atoms in total. The summed E-state index contributed by atoms with van der Waals surface area (Å²) in [6, 6.07) is 2.14. The Morgan fingerprint density at radius 3 is 2.95 bits per heavy atom. The van der Waals surface area contributed by atoms with Crippen molar-refractivity contribution in [2.45, 2.75) is 12.8 Å². The summed E-state index contributed by atoms with van der Waals surface area (Å²) in [6.07, 6.45) is 1.91. The summed E-state index contributed by atoms with van der Waals surface area (Å²) in [4.78, 5) is 16.0. The van der Waals surface area contributed by atoms with Crippen molar-refractivity contribution in [3.05, 3.63) is 27.6 Å². The van der Waals surface area contributed by atoms with Gasteiger partial charge in [0.05, 0.1) is 18.9 Å². The normalized spacial score (nSPS) is 17.5. The molecule has 2 aromatic heterocycles. The molecular weight excluding hydrogens is 286 g/mol. The predicted molar refractivity (Wildman–Crippen MR) is 80.7 cm³/mol. The lowest BCUT2D eigenvalue weighted by molar-refractivity contribution is 0.0298. The minimum atomic E-state index is 0.0498. The molecule has 1 aliphatic heterocycles. The second-order valence-corrected chi connectivity index (χ2v) is 6.46. The fourth-order valence-electron chi connectivity index (χ4n) is 3.21. The van der Waals surface area contributed by atoms with Gasteiger partial charge in [-0.3, -0.25) is 9.48 Å². The number of fused-ring (bicyclic) bond motifs is 3. The van der Waals surface area contributed by atoms with Crippen LogP contribution < -0.4 is 0 Å². The van der Waals surface area contributed by atoms with Crippen LogP contribution in [0.1, 0.15) is 20.9 Å². The van der Waals surface area contributed by atoms with Crippen LogP contribution in [0.5, 0.6) is 0 Å². The molecule has 4 rings (SSSR count). The summed E-state index contributed by atoms with van der Waals surface area (Å²) < 4.78 is 7.19. The second-order valence-electron chi connectivity index (χ2n) is 5.46. The highest BCUT2D eigenvalue weighted by Gasteiger charge is 2.30. The van der Waals surface area contributed by atoms with Crippen LogP contribution in [0.3, 0.4) is 0 Å². The molecule has 2 aromatic rings. The topological polar surface area (TPSA) is 47.4 Å². The molecule has 0 bridgehead atoms. The van der Waals surface area contributed by atoms with E-state index in [9.17, 15) is 4.79 Å². The zero-order valence-electron chi connectivity index (χ0n) is 12.0. The Hall–Kier alpha value is -1.66. The Bertz CT molecular complexity index is 698. The summed E-state index contributed by atoms with van der Waals surface area (Å²) in [7, 11) is 1.93. The Kier molecular flexibility index (Phi) is 3.08. The Morgan fingerprint density at radius 1 is 1.33 bits per heavy atom. The number of morpholine rings is 1. The second kappa shape index (κ2) is 4.96. The maximum Gasteiger partial charge on any atom is 0.274 e. The molecule has 6 heteroatoms. The van der Waals surface area contributed by atoms with E-state index in [1.54, 1.807) is 11.3 Å². The molecule has 0 aromatic carbocycles. The molecular formula is C15H17N3O2S. The average molecular weight is 303 g/mol. The van der Waals surface area contributed by atoms with Gasteiger partial charge in [0, 0.05) is 36.1 Å². The number of carbonyl (C=O) groups is 1. The van der Waals surface area contributed by atoms with Gasteiger partial charge in [-0.2, -0.15) is 5.10 Å². The fourth-order valence-corrected chi connectivity index (χ4v) is 4.09. The Morgan fingerprint density at radius 2 is 2.14 bits per heavy atom. The van der Waals surface area contributed by atoms with Crippen LogP contribution in [0.15, 0.2) is 11.4 Å². The number of carbonyl (C=O) groups excluding carboxylic acids is 1. The van der Waals surface area contributed by atoms with Crippen molar-refractivity contribution in [1.82, 2.24) is 14.7 Å². The zero-order valence-corrected chi connectivity index (χ0v) is 12.8. The lowest BCUT2D eigenvalue weighted by atomic mass is 9.94. The molecule has 0 N–H and O–H groups in total. The highest BCUT2D eigenvalue weighted by atomic mass is 32.1. The lowest BCUT2D eigenvalue weighted by Crippen LogP contribution is -2.41. The summed E-state index contributed by atoms with van der Waals surface area (Å²) >= 11 is 1.79. The molecule has 110 valence electrons. The van der Waals surface area contributed by atoms with Gasteiger partial charge in [0.15, 0.2) is 5.69 Å². The highest BCUT2D eigenvalue weighted by Crippen LogP contribution is 2.38. The van der Waals surface area contributed by atoms with Crippen LogP contribution in [0.2, 0.25) is 0 Å². The van der Waals surface area contributed by atoms with Crippen LogP contribution >= 0.6 is 11.3 Å². The summed E-state index contributed by atoms with van der Waals surface area (Å²) in [5.41, 5.74) is 4.11. The Labute approximate surface area is 127 Å². The maximum atomic E-state index is 12.7. The smallest absolute Gasteiger partial charge is 0.274 e. The summed E-state index contributed by atoms with van der Waals surface area (Å²) in [5, 5.41) is 6.66. The van der Waals surface area contributed by atoms with Gasteiger partial charge in [0.2, 0.25) is 0 Å². The van der Waals surface area contributed by atoms with Crippen molar-refractivity contribution < 1.29 is 9.53 Å². The number of rotatable bonds is 1. The highest BCUT2D eigenvalue weighted by molar-refractivity contribution is 7.10. The average Bonchev–Trinajstić information content (AvgIpc) is 3.11. The van der Waals surface area contributed by atoms with Crippen LogP contribution in [0.4, 0.5) is 0 Å². The van der Waals surface area contributed by atoms with Crippen molar-refractivity contribution in [3.63, 3.8) is 0 Å². The molecule has 1 saturated heterocycles. The van der Waals surface area contributed by atoms with E-state index in [1.165, 1.54) is 10.4 Å². The van der Waals surface area contributed by atoms with Gasteiger partial charge in [0.25, 0.3) is 5.91 Å². The number of ether oxygens (including phenoxy) is 1. The minimum absolute atomic E-state index is 0.0498. The third-order valence-electron chi connectivity index (χ3n) is 4.25. The standard InChI is InChI=1S/C15H17N3O2S/c1-17-14-10-4-9-21-12(10)3-2-11(14)13(16-17)15(19)18-5-7-20-8-6-18/h4,9H,2-3,5-8H2,1H3. The van der Waals surface area contributed by atoms with Crippen molar-refractivity contribution in [1.29, 1.82) is 0 Å². The number of hydrogen-bond donors (Lipinski definition) is 0. The van der Waals surface area contributed by atoms with E-state index in [0.29, 0.717) is 32.0 Å². The third kappa shape index (κ3) is 2.01. The molecule has 0 saturated carbocycles. The minimum Gasteiger partial charge on any atom is -0.378 e. The van der Waals surface area contributed by atoms with Gasteiger partial charge in [-0.15, -0.1) is 11.3 Å². The number of hydrogen-bond acceptors (Lipinski definition) is 4. The molecule has 1 amide bonds. The molecule has 0 atom stereocenters. The molecule has 0 spiro atoms. The van der Waals surface area contributed by atoms with Crippen LogP contribution in [0, 0.1) is 0 Å². The quantitative estimate of drug-likeness (QED) is 0.806. The van der Waals surface area contributed by atoms with Crippen LogP contribution in [0.25, 0.3) is 11.3 Å².